The van der Waals surface area contributed by atoms with Crippen LogP contribution in [-0.2, 0) is 14.9 Å². The molecule has 2 heterocycles. The van der Waals surface area contributed by atoms with E-state index in [0.29, 0.717) is 0 Å². The zero-order valence-corrected chi connectivity index (χ0v) is 17.9. The lowest BCUT2D eigenvalue weighted by Crippen LogP contribution is -2.48. The molecule has 3 aromatic rings. The van der Waals surface area contributed by atoms with Gasteiger partial charge in [-0.1, -0.05) is 12.1 Å². The van der Waals surface area contributed by atoms with E-state index in [1.54, 1.807) is 0 Å². The summed E-state index contributed by atoms with van der Waals surface area (Å²) in [6.07, 6.45) is -6.03. The number of carbonyl (C=O) groups excluding carboxylic acids is 4. The third kappa shape index (κ3) is 3.12. The Labute approximate surface area is 204 Å². The summed E-state index contributed by atoms with van der Waals surface area (Å²) >= 11 is 0. The molecule has 0 amide bonds. The molecule has 194 valence electrons. The molecule has 0 bridgehead atoms. The number of alkyl halides is 3. The zero-order chi connectivity index (χ0) is 27.9. The van der Waals surface area contributed by atoms with Crippen molar-refractivity contribution in [3.63, 3.8) is 0 Å². The maximum absolute atomic E-state index is 15.4. The van der Waals surface area contributed by atoms with Gasteiger partial charge in [-0.25, -0.2) is 41.1 Å². The van der Waals surface area contributed by atoms with E-state index in [-0.39, 0.29) is 36.4 Å². The highest BCUT2D eigenvalue weighted by molar-refractivity contribution is 6.17. The van der Waals surface area contributed by atoms with E-state index in [0.717, 1.165) is 0 Å². The maximum atomic E-state index is 15.4. The molecule has 0 saturated carbocycles. The van der Waals surface area contributed by atoms with Crippen LogP contribution in [0.5, 0.6) is 0 Å². The van der Waals surface area contributed by atoms with Crippen molar-refractivity contribution in [2.75, 3.05) is 0 Å². The summed E-state index contributed by atoms with van der Waals surface area (Å²) < 4.78 is 128. The molecular weight excluding hydrogens is 536 g/mol. The molecule has 0 saturated heterocycles. The van der Waals surface area contributed by atoms with Crippen LogP contribution >= 0.6 is 0 Å². The highest BCUT2D eigenvalue weighted by Gasteiger charge is 2.65. The third-order valence-corrected chi connectivity index (χ3v) is 6.11. The smallest absolute Gasteiger partial charge is 0.386 e. The molecule has 5 rings (SSSR count). The van der Waals surface area contributed by atoms with Gasteiger partial charge in [0, 0.05) is 17.7 Å². The topological polar surface area (TPSA) is 86.7 Å². The minimum atomic E-state index is -6.03. The largest absolute Gasteiger partial charge is 0.406 e. The predicted octanol–water partition coefficient (Wildman–Crippen LogP) is 4.90. The van der Waals surface area contributed by atoms with E-state index in [1.165, 1.54) is 0 Å². The van der Waals surface area contributed by atoms with Crippen LogP contribution in [0.1, 0.15) is 58.1 Å². The zero-order valence-electron chi connectivity index (χ0n) is 17.9. The number of hydrogen-bond acceptors (Lipinski definition) is 6. The molecule has 2 aliphatic rings. The summed E-state index contributed by atoms with van der Waals surface area (Å²) in [6, 6.07) is 0.671. The first-order valence-corrected chi connectivity index (χ1v) is 10.1. The van der Waals surface area contributed by atoms with Crippen LogP contribution in [0.25, 0.3) is 0 Å². The molecule has 0 fully saturated rings. The highest BCUT2D eigenvalue weighted by Crippen LogP contribution is 2.56. The summed E-state index contributed by atoms with van der Waals surface area (Å²) in [6.45, 7) is 0. The van der Waals surface area contributed by atoms with Crippen molar-refractivity contribution in [3.05, 3.63) is 104 Å². The molecule has 0 aliphatic carbocycles. The number of cyclic esters (lactones) is 4. The minimum absolute atomic E-state index is 0.153. The van der Waals surface area contributed by atoms with Gasteiger partial charge in [-0.2, -0.15) is 13.2 Å². The molecule has 0 radical (unpaired) electrons. The van der Waals surface area contributed by atoms with E-state index < -0.39 is 103 Å². The van der Waals surface area contributed by atoms with E-state index in [4.69, 9.17) is 0 Å². The monoisotopic (exact) mass is 542 g/mol. The van der Waals surface area contributed by atoms with Crippen LogP contribution in [0.2, 0.25) is 0 Å². The molecule has 14 heteroatoms. The van der Waals surface area contributed by atoms with Crippen LogP contribution in [0, 0.1) is 29.1 Å². The second kappa shape index (κ2) is 7.94. The standard InChI is InChI=1S/C24H6F8O6/c25-7-5-12(28)18(13(29)6-7)23(24(30,31)32,8-1-3-10(26)16-14(8)19(33)37-21(16)35)9-2-4-11(27)17-15(9)20(34)38-22(17)36/h1-6H. The number of esters is 4. The average molecular weight is 542 g/mol. The van der Waals surface area contributed by atoms with Gasteiger partial charge in [0.25, 0.3) is 0 Å². The minimum Gasteiger partial charge on any atom is -0.386 e. The van der Waals surface area contributed by atoms with Crippen molar-refractivity contribution in [3.8, 4) is 0 Å². The van der Waals surface area contributed by atoms with Crippen molar-refractivity contribution in [2.45, 2.75) is 11.6 Å². The predicted molar refractivity (Wildman–Crippen MR) is 105 cm³/mol. The van der Waals surface area contributed by atoms with Crippen LogP contribution < -0.4 is 0 Å². The van der Waals surface area contributed by atoms with Gasteiger partial charge in [0.1, 0.15) is 45.6 Å². The van der Waals surface area contributed by atoms with Crippen molar-refractivity contribution in [2.24, 2.45) is 0 Å². The number of carbonyl (C=O) groups is 4. The summed E-state index contributed by atoms with van der Waals surface area (Å²) in [4.78, 5) is 49.1. The first-order valence-electron chi connectivity index (χ1n) is 10.1. The molecule has 38 heavy (non-hydrogen) atoms. The molecule has 0 N–H and O–H groups in total. The second-order valence-electron chi connectivity index (χ2n) is 8.04. The molecule has 0 spiro atoms. The van der Waals surface area contributed by atoms with Gasteiger partial charge in [-0.3, -0.25) is 0 Å². The van der Waals surface area contributed by atoms with Gasteiger partial charge >= 0.3 is 30.1 Å². The SMILES string of the molecule is O=C1OC(=O)c2c(C(c3ccc(F)c4c3C(=O)OC4=O)(c3c(F)cc(F)cc3F)C(F)(F)F)ccc(F)c21. The summed E-state index contributed by atoms with van der Waals surface area (Å²) in [5.74, 6) is -16.3. The Morgan fingerprint density at radius 2 is 0.895 bits per heavy atom. The number of benzene rings is 3. The number of fused-ring (bicyclic) bond motifs is 2. The molecule has 0 atom stereocenters. The Kier molecular flexibility index (Phi) is 5.23. The van der Waals surface area contributed by atoms with Crippen LogP contribution in [0.15, 0.2) is 36.4 Å². The lowest BCUT2D eigenvalue weighted by Gasteiger charge is -2.39. The normalized spacial score (nSPS) is 14.9. The molecular formula is C24H6F8O6. The molecule has 2 aliphatic heterocycles. The van der Waals surface area contributed by atoms with E-state index >= 15 is 22.0 Å². The Morgan fingerprint density at radius 1 is 0.526 bits per heavy atom. The van der Waals surface area contributed by atoms with Crippen LogP contribution in [0.4, 0.5) is 35.1 Å². The molecule has 6 nitrogen and oxygen atoms in total. The summed E-state index contributed by atoms with van der Waals surface area (Å²) in [5, 5.41) is 0. The Morgan fingerprint density at radius 3 is 1.26 bits per heavy atom. The Balaban J connectivity index is 2.10. The lowest BCUT2D eigenvalue weighted by molar-refractivity contribution is -0.168. The summed E-state index contributed by atoms with van der Waals surface area (Å²) in [5.41, 5.74) is -15.0. The molecule has 0 aromatic heterocycles. The Hall–Kier alpha value is -4.62. The quantitative estimate of drug-likeness (QED) is 0.203. The fraction of sp³-hybridized carbons (Fsp3) is 0.0833. The van der Waals surface area contributed by atoms with Crippen LogP contribution in [-0.4, -0.2) is 30.1 Å². The summed E-state index contributed by atoms with van der Waals surface area (Å²) in [7, 11) is 0. The average Bonchev–Trinajstić information content (AvgIpc) is 3.27. The van der Waals surface area contributed by atoms with Gasteiger partial charge in [-0.05, 0) is 23.3 Å². The van der Waals surface area contributed by atoms with Gasteiger partial charge in [0.2, 0.25) is 0 Å². The van der Waals surface area contributed by atoms with Crippen molar-refractivity contribution >= 4 is 23.9 Å². The van der Waals surface area contributed by atoms with E-state index in [9.17, 15) is 32.3 Å². The first-order chi connectivity index (χ1) is 17.7. The van der Waals surface area contributed by atoms with Gasteiger partial charge in [0.15, 0.2) is 0 Å². The molecule has 3 aromatic carbocycles. The van der Waals surface area contributed by atoms with Crippen molar-refractivity contribution < 1.29 is 63.8 Å². The lowest BCUT2D eigenvalue weighted by atomic mass is 9.65. The number of hydrogen-bond donors (Lipinski definition) is 0. The van der Waals surface area contributed by atoms with Crippen molar-refractivity contribution in [1.82, 2.24) is 0 Å². The number of ether oxygens (including phenoxy) is 2. The van der Waals surface area contributed by atoms with Gasteiger partial charge in [0.05, 0.1) is 11.1 Å². The molecule has 0 unspecified atom stereocenters. The third-order valence-electron chi connectivity index (χ3n) is 6.11. The van der Waals surface area contributed by atoms with Gasteiger partial charge < -0.3 is 9.47 Å². The fourth-order valence-electron chi connectivity index (χ4n) is 4.74. The van der Waals surface area contributed by atoms with E-state index in [1.807, 2.05) is 0 Å². The van der Waals surface area contributed by atoms with E-state index in [2.05, 4.69) is 9.47 Å². The fourth-order valence-corrected chi connectivity index (χ4v) is 4.74. The highest BCUT2D eigenvalue weighted by atomic mass is 19.4. The number of halogens is 8. The second-order valence-corrected chi connectivity index (χ2v) is 8.04. The van der Waals surface area contributed by atoms with Crippen LogP contribution in [0.3, 0.4) is 0 Å². The van der Waals surface area contributed by atoms with Crippen molar-refractivity contribution in [1.29, 1.82) is 0 Å². The maximum Gasteiger partial charge on any atom is 0.406 e. The first kappa shape index (κ1) is 25.0. The Bertz CT molecular complexity index is 1540. The number of rotatable bonds is 3. The van der Waals surface area contributed by atoms with Gasteiger partial charge in [-0.15, -0.1) is 0 Å².